The Labute approximate surface area is 117 Å². The first kappa shape index (κ1) is 15.8. The summed E-state index contributed by atoms with van der Waals surface area (Å²) in [5.74, 6) is 3.40. The molecule has 1 aliphatic carbocycles. The lowest BCUT2D eigenvalue weighted by molar-refractivity contribution is 0.141. The lowest BCUT2D eigenvalue weighted by atomic mass is 9.83. The Balaban J connectivity index is 2.58. The molecule has 0 aromatic heterocycles. The number of nitrogens with one attached hydrogen (secondary N) is 2. The van der Waals surface area contributed by atoms with Crippen molar-refractivity contribution < 1.29 is 4.74 Å². The highest BCUT2D eigenvalue weighted by atomic mass is 16.5. The van der Waals surface area contributed by atoms with E-state index in [1.165, 1.54) is 25.7 Å². The SMILES string of the molecule is C#CCNC(=NCC1(CCOC)CCCC1)NCC. The van der Waals surface area contributed by atoms with Gasteiger partial charge in [0.25, 0.3) is 0 Å². The Morgan fingerprint density at radius 1 is 1.37 bits per heavy atom. The van der Waals surface area contributed by atoms with E-state index in [2.05, 4.69) is 23.5 Å². The Morgan fingerprint density at radius 2 is 2.11 bits per heavy atom. The van der Waals surface area contributed by atoms with Crippen LogP contribution in [0.1, 0.15) is 39.0 Å². The number of rotatable bonds is 7. The average molecular weight is 265 g/mol. The lowest BCUT2D eigenvalue weighted by Gasteiger charge is -2.27. The minimum atomic E-state index is 0.328. The summed E-state index contributed by atoms with van der Waals surface area (Å²) in [4.78, 5) is 4.70. The number of nitrogens with zero attached hydrogens (tertiary/aromatic N) is 1. The van der Waals surface area contributed by atoms with Crippen LogP contribution < -0.4 is 10.6 Å². The zero-order valence-electron chi connectivity index (χ0n) is 12.3. The highest BCUT2D eigenvalue weighted by Crippen LogP contribution is 2.41. The summed E-state index contributed by atoms with van der Waals surface area (Å²) < 4.78 is 5.24. The van der Waals surface area contributed by atoms with E-state index in [1.54, 1.807) is 7.11 Å². The van der Waals surface area contributed by atoms with Crippen LogP contribution >= 0.6 is 0 Å². The van der Waals surface area contributed by atoms with E-state index in [1.807, 2.05) is 0 Å². The van der Waals surface area contributed by atoms with Gasteiger partial charge in [-0.15, -0.1) is 6.42 Å². The molecule has 1 rings (SSSR count). The van der Waals surface area contributed by atoms with Gasteiger partial charge in [0, 0.05) is 26.8 Å². The first-order valence-electron chi connectivity index (χ1n) is 7.21. The third kappa shape index (κ3) is 5.52. The van der Waals surface area contributed by atoms with Crippen molar-refractivity contribution in [2.75, 3.05) is 33.4 Å². The molecule has 0 aliphatic heterocycles. The molecule has 4 heteroatoms. The molecular formula is C15H27N3O. The molecule has 0 radical (unpaired) electrons. The number of hydrogen-bond acceptors (Lipinski definition) is 2. The van der Waals surface area contributed by atoms with Gasteiger partial charge >= 0.3 is 0 Å². The molecule has 0 amide bonds. The zero-order chi connectivity index (χ0) is 14.0. The van der Waals surface area contributed by atoms with E-state index in [4.69, 9.17) is 16.2 Å². The highest BCUT2D eigenvalue weighted by molar-refractivity contribution is 5.80. The van der Waals surface area contributed by atoms with Crippen molar-refractivity contribution in [1.29, 1.82) is 0 Å². The minimum Gasteiger partial charge on any atom is -0.385 e. The largest absolute Gasteiger partial charge is 0.385 e. The predicted octanol–water partition coefficient (Wildman–Crippen LogP) is 1.77. The van der Waals surface area contributed by atoms with Crippen molar-refractivity contribution in [1.82, 2.24) is 10.6 Å². The van der Waals surface area contributed by atoms with E-state index in [-0.39, 0.29) is 0 Å². The van der Waals surface area contributed by atoms with Crippen LogP contribution in [0.15, 0.2) is 4.99 Å². The normalized spacial score (nSPS) is 18.1. The summed E-state index contributed by atoms with van der Waals surface area (Å²) in [6.07, 6.45) is 11.5. The summed E-state index contributed by atoms with van der Waals surface area (Å²) in [6, 6.07) is 0. The second-order valence-electron chi connectivity index (χ2n) is 5.20. The Bertz CT molecular complexity index is 314. The molecule has 1 aliphatic rings. The molecule has 1 saturated carbocycles. The summed E-state index contributed by atoms with van der Waals surface area (Å²) >= 11 is 0. The number of guanidine groups is 1. The van der Waals surface area contributed by atoms with E-state index < -0.39 is 0 Å². The lowest BCUT2D eigenvalue weighted by Crippen LogP contribution is -2.38. The second kappa shape index (κ2) is 8.82. The predicted molar refractivity (Wildman–Crippen MR) is 80.2 cm³/mol. The maximum absolute atomic E-state index is 5.27. The zero-order valence-corrected chi connectivity index (χ0v) is 12.3. The smallest absolute Gasteiger partial charge is 0.192 e. The van der Waals surface area contributed by atoms with Crippen LogP contribution in [0.25, 0.3) is 0 Å². The van der Waals surface area contributed by atoms with Crippen LogP contribution in [0.5, 0.6) is 0 Å². The van der Waals surface area contributed by atoms with Crippen LogP contribution in [0.2, 0.25) is 0 Å². The van der Waals surface area contributed by atoms with Crippen molar-refractivity contribution in [3.63, 3.8) is 0 Å². The van der Waals surface area contributed by atoms with Crippen molar-refractivity contribution in [3.05, 3.63) is 0 Å². The van der Waals surface area contributed by atoms with Gasteiger partial charge in [0.15, 0.2) is 5.96 Å². The molecule has 108 valence electrons. The molecule has 0 unspecified atom stereocenters. The topological polar surface area (TPSA) is 45.7 Å². The van der Waals surface area contributed by atoms with E-state index in [9.17, 15) is 0 Å². The van der Waals surface area contributed by atoms with Gasteiger partial charge in [0.05, 0.1) is 6.54 Å². The number of methoxy groups -OCH3 is 1. The molecular weight excluding hydrogens is 238 g/mol. The van der Waals surface area contributed by atoms with Crippen LogP contribution in [-0.4, -0.2) is 39.3 Å². The highest BCUT2D eigenvalue weighted by Gasteiger charge is 2.33. The maximum atomic E-state index is 5.27. The van der Waals surface area contributed by atoms with Crippen LogP contribution in [-0.2, 0) is 4.74 Å². The van der Waals surface area contributed by atoms with Gasteiger partial charge in [-0.25, -0.2) is 0 Å². The Morgan fingerprint density at radius 3 is 2.68 bits per heavy atom. The van der Waals surface area contributed by atoms with E-state index in [0.29, 0.717) is 12.0 Å². The molecule has 0 saturated heterocycles. The van der Waals surface area contributed by atoms with Crippen molar-refractivity contribution >= 4 is 5.96 Å². The molecule has 0 atom stereocenters. The standard InChI is InChI=1S/C15H27N3O/c1-4-11-17-14(16-5-2)18-13-15(10-12-19-3)8-6-7-9-15/h1H,5-13H2,2-3H3,(H2,16,17,18). The quantitative estimate of drug-likeness (QED) is 0.419. The molecule has 0 aromatic rings. The summed E-state index contributed by atoms with van der Waals surface area (Å²) in [6.45, 7) is 5.10. The van der Waals surface area contributed by atoms with Gasteiger partial charge in [-0.3, -0.25) is 4.99 Å². The van der Waals surface area contributed by atoms with E-state index in [0.717, 1.165) is 32.1 Å². The fraction of sp³-hybridized carbons (Fsp3) is 0.800. The van der Waals surface area contributed by atoms with Crippen molar-refractivity contribution in [3.8, 4) is 12.3 Å². The number of hydrogen-bond donors (Lipinski definition) is 2. The van der Waals surface area contributed by atoms with Gasteiger partial charge in [0.1, 0.15) is 0 Å². The molecule has 4 nitrogen and oxygen atoms in total. The number of ether oxygens (including phenoxy) is 1. The molecule has 1 fully saturated rings. The van der Waals surface area contributed by atoms with Gasteiger partial charge in [0.2, 0.25) is 0 Å². The molecule has 19 heavy (non-hydrogen) atoms. The van der Waals surface area contributed by atoms with Gasteiger partial charge < -0.3 is 15.4 Å². The fourth-order valence-corrected chi connectivity index (χ4v) is 2.65. The molecule has 0 heterocycles. The molecule has 2 N–H and O–H groups in total. The summed E-state index contributed by atoms with van der Waals surface area (Å²) in [5, 5.41) is 6.37. The van der Waals surface area contributed by atoms with Crippen molar-refractivity contribution in [2.24, 2.45) is 10.4 Å². The van der Waals surface area contributed by atoms with Crippen LogP contribution in [0.4, 0.5) is 0 Å². The summed E-state index contributed by atoms with van der Waals surface area (Å²) in [7, 11) is 1.77. The van der Waals surface area contributed by atoms with Gasteiger partial charge in [-0.1, -0.05) is 18.8 Å². The molecule has 0 spiro atoms. The Hall–Kier alpha value is -1.21. The van der Waals surface area contributed by atoms with Gasteiger partial charge in [-0.05, 0) is 31.6 Å². The third-order valence-corrected chi connectivity index (χ3v) is 3.78. The van der Waals surface area contributed by atoms with Gasteiger partial charge in [-0.2, -0.15) is 0 Å². The molecule has 0 bridgehead atoms. The van der Waals surface area contributed by atoms with Crippen molar-refractivity contribution in [2.45, 2.75) is 39.0 Å². The first-order chi connectivity index (χ1) is 9.26. The first-order valence-corrected chi connectivity index (χ1v) is 7.21. The number of aliphatic imine (C=N–C) groups is 1. The number of terminal acetylenes is 1. The second-order valence-corrected chi connectivity index (χ2v) is 5.20. The average Bonchev–Trinajstić information content (AvgIpc) is 2.89. The van der Waals surface area contributed by atoms with Crippen LogP contribution in [0, 0.1) is 17.8 Å². The monoisotopic (exact) mass is 265 g/mol. The minimum absolute atomic E-state index is 0.328. The maximum Gasteiger partial charge on any atom is 0.192 e. The van der Waals surface area contributed by atoms with Crippen LogP contribution in [0.3, 0.4) is 0 Å². The Kier molecular flexibility index (Phi) is 7.35. The summed E-state index contributed by atoms with van der Waals surface area (Å²) in [5.41, 5.74) is 0.328. The molecule has 0 aromatic carbocycles. The fourth-order valence-electron chi connectivity index (χ4n) is 2.65. The third-order valence-electron chi connectivity index (χ3n) is 3.78. The van der Waals surface area contributed by atoms with E-state index >= 15 is 0 Å².